The summed E-state index contributed by atoms with van der Waals surface area (Å²) in [5.41, 5.74) is 7.79. The van der Waals surface area contributed by atoms with Gasteiger partial charge in [0.1, 0.15) is 0 Å². The van der Waals surface area contributed by atoms with Crippen LogP contribution in [0.1, 0.15) is 83.5 Å². The molecule has 0 aromatic carbocycles. The van der Waals surface area contributed by atoms with Gasteiger partial charge in [-0.1, -0.05) is 76.2 Å². The molecule has 1 fully saturated rings. The van der Waals surface area contributed by atoms with Crippen LogP contribution in [-0.2, 0) is 14.7 Å². The minimum atomic E-state index is -0.764. The summed E-state index contributed by atoms with van der Waals surface area (Å²) in [5, 5.41) is 9.23. The van der Waals surface area contributed by atoms with Gasteiger partial charge in [0.25, 0.3) is 0 Å². The SMILES string of the molecule is O=C(O)C1CCCCCCCCCCCCCCOONNNC1. The molecule has 0 aliphatic carbocycles. The third-order valence-electron chi connectivity index (χ3n) is 4.47. The molecule has 0 radical (unpaired) electrons. The van der Waals surface area contributed by atoms with Gasteiger partial charge in [0.2, 0.25) is 0 Å². The van der Waals surface area contributed by atoms with Crippen LogP contribution >= 0.6 is 0 Å². The molecule has 1 aliphatic rings. The van der Waals surface area contributed by atoms with E-state index in [2.05, 4.69) is 16.5 Å². The summed E-state index contributed by atoms with van der Waals surface area (Å²) in [6.45, 7) is 0.887. The molecule has 4 N–H and O–H groups in total. The average molecular weight is 345 g/mol. The second-order valence-corrected chi connectivity index (χ2v) is 6.58. The van der Waals surface area contributed by atoms with Crippen molar-refractivity contribution < 1.29 is 19.8 Å². The van der Waals surface area contributed by atoms with E-state index in [4.69, 9.17) is 9.88 Å². The summed E-state index contributed by atoms with van der Waals surface area (Å²) in [4.78, 5) is 21.0. The molecule has 0 spiro atoms. The molecule has 1 saturated heterocycles. The molecule has 1 aliphatic heterocycles. The van der Waals surface area contributed by atoms with Gasteiger partial charge in [0.15, 0.2) is 0 Å². The molecular weight excluding hydrogens is 310 g/mol. The third kappa shape index (κ3) is 12.7. The molecule has 1 atom stereocenters. The van der Waals surface area contributed by atoms with Crippen LogP contribution in [-0.4, -0.2) is 24.2 Å². The van der Waals surface area contributed by atoms with E-state index in [9.17, 15) is 9.90 Å². The summed E-state index contributed by atoms with van der Waals surface area (Å²) in [7, 11) is 0. The molecule has 142 valence electrons. The molecule has 1 rings (SSSR count). The van der Waals surface area contributed by atoms with Crippen LogP contribution in [0.25, 0.3) is 0 Å². The van der Waals surface area contributed by atoms with Gasteiger partial charge in [0, 0.05) is 6.54 Å². The zero-order chi connectivity index (χ0) is 17.3. The molecule has 0 aromatic heterocycles. The number of nitrogens with one attached hydrogen (secondary N) is 3. The lowest BCUT2D eigenvalue weighted by atomic mass is 10.00. The van der Waals surface area contributed by atoms with Crippen molar-refractivity contribution in [3.63, 3.8) is 0 Å². The first-order valence-electron chi connectivity index (χ1n) is 9.55. The quantitative estimate of drug-likeness (QED) is 0.542. The van der Waals surface area contributed by atoms with Crippen LogP contribution < -0.4 is 16.5 Å². The zero-order valence-electron chi connectivity index (χ0n) is 14.9. The lowest BCUT2D eigenvalue weighted by molar-refractivity contribution is -0.348. The van der Waals surface area contributed by atoms with Crippen LogP contribution in [0.5, 0.6) is 0 Å². The second-order valence-electron chi connectivity index (χ2n) is 6.58. The first kappa shape index (κ1) is 21.3. The highest BCUT2D eigenvalue weighted by Crippen LogP contribution is 2.14. The Morgan fingerprint density at radius 1 is 0.833 bits per heavy atom. The fourth-order valence-corrected chi connectivity index (χ4v) is 2.93. The molecule has 7 nitrogen and oxygen atoms in total. The number of hydrogen-bond acceptors (Lipinski definition) is 6. The van der Waals surface area contributed by atoms with Gasteiger partial charge < -0.3 is 5.11 Å². The van der Waals surface area contributed by atoms with Gasteiger partial charge in [-0.25, -0.2) is 10.3 Å². The Labute approximate surface area is 145 Å². The number of carboxylic acids is 1. The standard InChI is InChI=1S/C17H35N3O4/c21-17(22)16-13-11-9-7-5-3-1-2-4-6-8-10-12-14-23-24-20-19-18-15-16/h16,18-20H,1-15H2,(H,21,22). The summed E-state index contributed by atoms with van der Waals surface area (Å²) in [5.74, 6) is -1.16. The van der Waals surface area contributed by atoms with Crippen molar-refractivity contribution in [3.8, 4) is 0 Å². The first-order chi connectivity index (χ1) is 11.8. The second kappa shape index (κ2) is 15.8. The maximum Gasteiger partial charge on any atom is 0.307 e. The van der Waals surface area contributed by atoms with E-state index < -0.39 is 11.9 Å². The van der Waals surface area contributed by atoms with Gasteiger partial charge >= 0.3 is 5.97 Å². The third-order valence-corrected chi connectivity index (χ3v) is 4.47. The highest BCUT2D eigenvalue weighted by atomic mass is 17.3. The fourth-order valence-electron chi connectivity index (χ4n) is 2.93. The Kier molecular flexibility index (Phi) is 14.0. The molecule has 0 saturated carbocycles. The largest absolute Gasteiger partial charge is 0.481 e. The van der Waals surface area contributed by atoms with E-state index in [0.717, 1.165) is 25.7 Å². The summed E-state index contributed by atoms with van der Waals surface area (Å²) in [6.07, 6.45) is 15.3. The number of carbonyl (C=O) groups is 1. The molecule has 1 heterocycles. The van der Waals surface area contributed by atoms with Crippen molar-refractivity contribution in [2.24, 2.45) is 5.92 Å². The first-order valence-corrected chi connectivity index (χ1v) is 9.55. The molecular formula is C17H35N3O4. The Bertz CT molecular complexity index is 284. The number of hydrogen-bond donors (Lipinski definition) is 4. The summed E-state index contributed by atoms with van der Waals surface area (Å²) < 4.78 is 0. The van der Waals surface area contributed by atoms with E-state index >= 15 is 0 Å². The summed E-state index contributed by atoms with van der Waals surface area (Å²) >= 11 is 0. The Hall–Kier alpha value is -0.730. The van der Waals surface area contributed by atoms with Crippen LogP contribution in [0.3, 0.4) is 0 Å². The monoisotopic (exact) mass is 345 g/mol. The average Bonchev–Trinajstić information content (AvgIpc) is 2.57. The van der Waals surface area contributed by atoms with E-state index in [1.165, 1.54) is 51.4 Å². The number of carboxylic acid groups (broad SMARTS) is 1. The maximum atomic E-state index is 11.2. The minimum Gasteiger partial charge on any atom is -0.481 e. The molecule has 0 amide bonds. The number of rotatable bonds is 1. The molecule has 7 heteroatoms. The highest BCUT2D eigenvalue weighted by Gasteiger charge is 2.16. The van der Waals surface area contributed by atoms with Gasteiger partial charge in [-0.15, -0.1) is 4.99 Å². The Morgan fingerprint density at radius 3 is 1.96 bits per heavy atom. The lowest BCUT2D eigenvalue weighted by Crippen LogP contribution is -2.46. The number of hydrazine groups is 2. The molecule has 24 heavy (non-hydrogen) atoms. The Morgan fingerprint density at radius 2 is 1.38 bits per heavy atom. The molecule has 0 aromatic rings. The van der Waals surface area contributed by atoms with Crippen LogP contribution in [0.15, 0.2) is 0 Å². The van der Waals surface area contributed by atoms with Crippen molar-refractivity contribution in [2.75, 3.05) is 13.2 Å². The smallest absolute Gasteiger partial charge is 0.307 e. The predicted octanol–water partition coefficient (Wildman–Crippen LogP) is 3.23. The van der Waals surface area contributed by atoms with Gasteiger partial charge in [-0.05, 0) is 12.8 Å². The van der Waals surface area contributed by atoms with Crippen molar-refractivity contribution in [1.82, 2.24) is 16.5 Å². The normalized spacial score (nSPS) is 25.4. The van der Waals surface area contributed by atoms with Gasteiger partial charge in [-0.3, -0.25) is 4.79 Å². The van der Waals surface area contributed by atoms with Crippen molar-refractivity contribution in [3.05, 3.63) is 0 Å². The van der Waals surface area contributed by atoms with Crippen LogP contribution in [0.2, 0.25) is 0 Å². The van der Waals surface area contributed by atoms with Crippen molar-refractivity contribution in [1.29, 1.82) is 0 Å². The van der Waals surface area contributed by atoms with E-state index in [-0.39, 0.29) is 0 Å². The van der Waals surface area contributed by atoms with Gasteiger partial charge in [-0.2, -0.15) is 5.53 Å². The zero-order valence-corrected chi connectivity index (χ0v) is 14.9. The summed E-state index contributed by atoms with van der Waals surface area (Å²) in [6, 6.07) is 0. The molecule has 0 bridgehead atoms. The minimum absolute atomic E-state index is 0.339. The predicted molar refractivity (Wildman–Crippen MR) is 92.5 cm³/mol. The lowest BCUT2D eigenvalue weighted by Gasteiger charge is -2.14. The highest BCUT2D eigenvalue weighted by molar-refractivity contribution is 5.70. The van der Waals surface area contributed by atoms with Crippen LogP contribution in [0.4, 0.5) is 0 Å². The van der Waals surface area contributed by atoms with Crippen LogP contribution in [0, 0.1) is 5.92 Å². The van der Waals surface area contributed by atoms with E-state index in [1.807, 2.05) is 0 Å². The molecule has 1 unspecified atom stereocenters. The maximum absolute atomic E-state index is 11.2. The van der Waals surface area contributed by atoms with E-state index in [1.54, 1.807) is 0 Å². The topological polar surface area (TPSA) is 91.9 Å². The number of aliphatic carboxylic acids is 1. The fraction of sp³-hybridized carbons (Fsp3) is 0.941. The van der Waals surface area contributed by atoms with E-state index in [0.29, 0.717) is 19.6 Å². The van der Waals surface area contributed by atoms with Crippen molar-refractivity contribution in [2.45, 2.75) is 83.5 Å². The Balaban J connectivity index is 2.21. The van der Waals surface area contributed by atoms with Gasteiger partial charge in [0.05, 0.1) is 12.5 Å². The van der Waals surface area contributed by atoms with Crippen molar-refractivity contribution >= 4 is 5.97 Å².